The van der Waals surface area contributed by atoms with Gasteiger partial charge in [-0.3, -0.25) is 0 Å². The van der Waals surface area contributed by atoms with Gasteiger partial charge in [0.2, 0.25) is 0 Å². The maximum absolute atomic E-state index is 5.85. The maximum atomic E-state index is 5.85. The van der Waals surface area contributed by atoms with Gasteiger partial charge in [0.25, 0.3) is 0 Å². The molecule has 0 bridgehead atoms. The van der Waals surface area contributed by atoms with Crippen molar-refractivity contribution in [3.05, 3.63) is 71.8 Å². The zero-order valence-electron chi connectivity index (χ0n) is 12.4. The molecular formula is C20H18O2. The van der Waals surface area contributed by atoms with Gasteiger partial charge < -0.3 is 9.47 Å². The van der Waals surface area contributed by atoms with Crippen molar-refractivity contribution < 1.29 is 9.47 Å². The van der Waals surface area contributed by atoms with E-state index in [-0.39, 0.29) is 0 Å². The Balaban J connectivity index is 2.04. The molecule has 3 aromatic carbocycles. The molecule has 4 rings (SSSR count). The predicted octanol–water partition coefficient (Wildman–Crippen LogP) is 4.60. The van der Waals surface area contributed by atoms with Crippen LogP contribution >= 0.6 is 0 Å². The quantitative estimate of drug-likeness (QED) is 0.445. The smallest absolute Gasteiger partial charge is 0.0730 e. The zero-order valence-corrected chi connectivity index (χ0v) is 12.4. The Morgan fingerprint density at radius 2 is 0.955 bits per heavy atom. The second-order valence-electron chi connectivity index (χ2n) is 5.55. The molecular weight excluding hydrogens is 272 g/mol. The van der Waals surface area contributed by atoms with Gasteiger partial charge in [-0.1, -0.05) is 60.7 Å². The van der Waals surface area contributed by atoms with Gasteiger partial charge in [-0.15, -0.1) is 0 Å². The van der Waals surface area contributed by atoms with E-state index in [0.29, 0.717) is 26.4 Å². The molecule has 1 aliphatic heterocycles. The monoisotopic (exact) mass is 290 g/mol. The van der Waals surface area contributed by atoms with E-state index in [9.17, 15) is 0 Å². The molecule has 0 fully saturated rings. The first-order valence-electron chi connectivity index (χ1n) is 7.67. The number of ether oxygens (including phenoxy) is 2. The fraction of sp³-hybridized carbons (Fsp3) is 0.200. The molecule has 3 aromatic rings. The van der Waals surface area contributed by atoms with Crippen molar-refractivity contribution in [2.75, 3.05) is 13.2 Å². The van der Waals surface area contributed by atoms with Crippen LogP contribution in [0.25, 0.3) is 21.5 Å². The normalized spacial score (nSPS) is 17.3. The first-order valence-corrected chi connectivity index (χ1v) is 7.67. The van der Waals surface area contributed by atoms with Crippen LogP contribution in [-0.2, 0) is 22.7 Å². The minimum atomic E-state index is 0.619. The van der Waals surface area contributed by atoms with E-state index in [1.807, 2.05) is 12.2 Å². The Morgan fingerprint density at radius 3 is 1.41 bits per heavy atom. The molecule has 0 amide bonds. The van der Waals surface area contributed by atoms with Crippen LogP contribution in [0.5, 0.6) is 0 Å². The van der Waals surface area contributed by atoms with Crippen molar-refractivity contribution in [3.8, 4) is 0 Å². The Labute approximate surface area is 130 Å². The lowest BCUT2D eigenvalue weighted by Crippen LogP contribution is -2.05. The van der Waals surface area contributed by atoms with Crippen LogP contribution in [0.2, 0.25) is 0 Å². The van der Waals surface area contributed by atoms with Crippen molar-refractivity contribution in [2.45, 2.75) is 13.2 Å². The van der Waals surface area contributed by atoms with Crippen LogP contribution in [-0.4, -0.2) is 13.2 Å². The van der Waals surface area contributed by atoms with Crippen LogP contribution in [0.1, 0.15) is 11.1 Å². The van der Waals surface area contributed by atoms with Gasteiger partial charge in [-0.25, -0.2) is 0 Å². The molecule has 0 radical (unpaired) electrons. The molecule has 22 heavy (non-hydrogen) atoms. The highest BCUT2D eigenvalue weighted by molar-refractivity contribution is 6.10. The number of fused-ring (bicyclic) bond motifs is 6. The molecule has 0 N–H and O–H groups in total. The summed E-state index contributed by atoms with van der Waals surface area (Å²) in [4.78, 5) is 0. The number of hydrogen-bond acceptors (Lipinski definition) is 2. The second-order valence-corrected chi connectivity index (χ2v) is 5.55. The van der Waals surface area contributed by atoms with E-state index in [0.717, 1.165) is 0 Å². The number of hydrogen-bond donors (Lipinski definition) is 0. The van der Waals surface area contributed by atoms with E-state index < -0.39 is 0 Å². The van der Waals surface area contributed by atoms with E-state index in [1.165, 1.54) is 32.7 Å². The van der Waals surface area contributed by atoms with Crippen molar-refractivity contribution >= 4 is 21.5 Å². The highest BCUT2D eigenvalue weighted by Gasteiger charge is 2.14. The number of benzene rings is 3. The summed E-state index contributed by atoms with van der Waals surface area (Å²) in [5.74, 6) is 0. The van der Waals surface area contributed by atoms with Crippen LogP contribution < -0.4 is 0 Å². The Hall–Kier alpha value is -2.16. The molecule has 2 heteroatoms. The topological polar surface area (TPSA) is 18.5 Å². The summed E-state index contributed by atoms with van der Waals surface area (Å²) >= 11 is 0. The lowest BCUT2D eigenvalue weighted by Gasteiger charge is -2.18. The van der Waals surface area contributed by atoms with Crippen LogP contribution in [0.3, 0.4) is 0 Å². The third-order valence-corrected chi connectivity index (χ3v) is 4.25. The third kappa shape index (κ3) is 2.31. The summed E-state index contributed by atoms with van der Waals surface area (Å²) in [7, 11) is 0. The molecule has 0 spiro atoms. The first kappa shape index (κ1) is 13.5. The van der Waals surface area contributed by atoms with Crippen LogP contribution in [0.15, 0.2) is 60.7 Å². The van der Waals surface area contributed by atoms with E-state index in [4.69, 9.17) is 9.47 Å². The lowest BCUT2D eigenvalue weighted by atomic mass is 9.92. The minimum Gasteiger partial charge on any atom is -0.373 e. The fourth-order valence-corrected chi connectivity index (χ4v) is 3.21. The largest absolute Gasteiger partial charge is 0.373 e. The number of rotatable bonds is 0. The van der Waals surface area contributed by atoms with E-state index in [1.54, 1.807) is 0 Å². The summed E-state index contributed by atoms with van der Waals surface area (Å²) in [6.45, 7) is 2.50. The van der Waals surface area contributed by atoms with Gasteiger partial charge in [0.1, 0.15) is 0 Å². The third-order valence-electron chi connectivity index (χ3n) is 4.25. The van der Waals surface area contributed by atoms with Gasteiger partial charge in [-0.2, -0.15) is 0 Å². The molecule has 0 saturated carbocycles. The highest BCUT2D eigenvalue weighted by atomic mass is 16.5. The Morgan fingerprint density at radius 1 is 0.545 bits per heavy atom. The summed E-state index contributed by atoms with van der Waals surface area (Å²) in [5.41, 5.74) is 2.51. The zero-order chi connectivity index (χ0) is 14.8. The molecule has 2 nitrogen and oxygen atoms in total. The van der Waals surface area contributed by atoms with E-state index >= 15 is 0 Å². The molecule has 1 aliphatic rings. The average Bonchev–Trinajstić information content (AvgIpc) is 2.59. The summed E-state index contributed by atoms with van der Waals surface area (Å²) < 4.78 is 11.7. The van der Waals surface area contributed by atoms with Crippen LogP contribution in [0, 0.1) is 0 Å². The van der Waals surface area contributed by atoms with Crippen molar-refractivity contribution in [3.63, 3.8) is 0 Å². The maximum Gasteiger partial charge on any atom is 0.0730 e. The van der Waals surface area contributed by atoms with Crippen molar-refractivity contribution in [2.24, 2.45) is 0 Å². The lowest BCUT2D eigenvalue weighted by molar-refractivity contribution is 0.127. The fourth-order valence-electron chi connectivity index (χ4n) is 3.21. The first-order chi connectivity index (χ1) is 10.9. The molecule has 0 unspecified atom stereocenters. The highest BCUT2D eigenvalue weighted by Crippen LogP contribution is 2.34. The molecule has 0 atom stereocenters. The summed E-state index contributed by atoms with van der Waals surface area (Å²) in [6, 6.07) is 17.1. The Bertz CT molecular complexity index is 778. The average molecular weight is 290 g/mol. The molecule has 0 aliphatic carbocycles. The van der Waals surface area contributed by atoms with E-state index in [2.05, 4.69) is 48.5 Å². The van der Waals surface area contributed by atoms with Gasteiger partial charge in [-0.05, 0) is 32.7 Å². The van der Waals surface area contributed by atoms with Crippen molar-refractivity contribution in [1.82, 2.24) is 0 Å². The van der Waals surface area contributed by atoms with Crippen molar-refractivity contribution in [1.29, 1.82) is 0 Å². The molecule has 0 aromatic heterocycles. The molecule has 1 heterocycles. The van der Waals surface area contributed by atoms with Gasteiger partial charge in [0.15, 0.2) is 0 Å². The molecule has 110 valence electrons. The second kappa shape index (κ2) is 5.91. The Kier molecular flexibility index (Phi) is 3.63. The van der Waals surface area contributed by atoms with Gasteiger partial charge >= 0.3 is 0 Å². The van der Waals surface area contributed by atoms with Gasteiger partial charge in [0, 0.05) is 0 Å². The standard InChI is InChI=1S/C20H18O2/c1-3-9-17-15(7-1)16-8-2-4-10-18(16)20-14-22-12-6-5-11-21-13-19(17)20/h1-10H,11-14H2/b6-5-. The minimum absolute atomic E-state index is 0.619. The van der Waals surface area contributed by atoms with Gasteiger partial charge in [0.05, 0.1) is 26.4 Å². The molecule has 0 saturated heterocycles. The van der Waals surface area contributed by atoms with Crippen LogP contribution in [0.4, 0.5) is 0 Å². The SMILES string of the molecule is C1=C\COCc2c(c3ccccc3c3ccccc23)COC/1. The summed E-state index contributed by atoms with van der Waals surface area (Å²) in [6.07, 6.45) is 4.04. The predicted molar refractivity (Wildman–Crippen MR) is 89.9 cm³/mol. The summed E-state index contributed by atoms with van der Waals surface area (Å²) in [5, 5.41) is 5.11.